The Hall–Kier alpha value is -1.69. The molecule has 1 heterocycles. The number of ether oxygens (including phenoxy) is 2. The predicted molar refractivity (Wildman–Crippen MR) is 105 cm³/mol. The molecule has 0 fully saturated rings. The monoisotopic (exact) mass is 417 g/mol. The molecule has 9 nitrogen and oxygen atoms in total. The Morgan fingerprint density at radius 3 is 2.54 bits per heavy atom. The first kappa shape index (κ1) is 24.3. The number of phenols is 1. The zero-order valence-electron chi connectivity index (χ0n) is 15.8. The van der Waals surface area contributed by atoms with Crippen molar-refractivity contribution < 1.29 is 39.8 Å². The molecule has 2 rings (SSSR count). The highest BCUT2D eigenvalue weighted by atomic mass is 32.2. The van der Waals surface area contributed by atoms with E-state index >= 15 is 0 Å². The van der Waals surface area contributed by atoms with Gasteiger partial charge >= 0.3 is 0 Å². The quantitative estimate of drug-likeness (QED) is 0.274. The number of benzene rings is 1. The van der Waals surface area contributed by atoms with Gasteiger partial charge in [-0.25, -0.2) is 0 Å². The molecule has 1 aliphatic heterocycles. The molecule has 0 radical (unpaired) electrons. The Bertz CT molecular complexity index is 634. The number of aliphatic hydroxyl groups excluding tert-OH is 3. The maximum atomic E-state index is 10.7. The average Bonchev–Trinajstić information content (AvgIpc) is 3.13. The summed E-state index contributed by atoms with van der Waals surface area (Å²) in [6.07, 6.45) is -1.62. The molecule has 10 heteroatoms. The largest absolute Gasteiger partial charge is 0.504 e. The number of aliphatic hydroxyl groups is 4. The Labute approximate surface area is 167 Å². The zero-order chi connectivity index (χ0) is 21.1. The van der Waals surface area contributed by atoms with Crippen molar-refractivity contribution in [1.29, 1.82) is 0 Å². The van der Waals surface area contributed by atoms with Gasteiger partial charge in [0.2, 0.25) is 0 Å². The van der Waals surface area contributed by atoms with Crippen LogP contribution in [0.15, 0.2) is 23.2 Å². The standard InChI is InChI=1S/C14H17NO4S.C4H10O4/c1-9(17)5-6-19-12-4-2-3-11(13(12)18)14-15-10(7-16)8-20-14;1-8-3(2-5)4(6)7/h2-4,7,9-10,17-18H,5-6,8H2,1H3;3-7H,2H2,1H3/t9-,10?;/m0./s1. The Morgan fingerprint density at radius 2 is 2.07 bits per heavy atom. The molecule has 28 heavy (non-hydrogen) atoms. The van der Waals surface area contributed by atoms with Crippen LogP contribution in [0.4, 0.5) is 0 Å². The first-order valence-electron chi connectivity index (χ1n) is 8.62. The van der Waals surface area contributed by atoms with Crippen LogP contribution in [-0.2, 0) is 9.53 Å². The van der Waals surface area contributed by atoms with E-state index in [2.05, 4.69) is 9.73 Å². The Kier molecular flexibility index (Phi) is 11.0. The number of carbonyl (C=O) groups excluding carboxylic acids is 1. The van der Waals surface area contributed by atoms with Crippen LogP contribution in [0.3, 0.4) is 0 Å². The first-order chi connectivity index (χ1) is 13.3. The third kappa shape index (κ3) is 7.74. The molecule has 2 unspecified atom stereocenters. The molecule has 3 atom stereocenters. The van der Waals surface area contributed by atoms with E-state index in [1.807, 2.05) is 0 Å². The minimum atomic E-state index is -1.59. The molecule has 0 amide bonds. The first-order valence-corrected chi connectivity index (χ1v) is 9.61. The van der Waals surface area contributed by atoms with Crippen molar-refractivity contribution >= 4 is 23.1 Å². The fourth-order valence-corrected chi connectivity index (χ4v) is 3.06. The lowest BCUT2D eigenvalue weighted by Gasteiger charge is -2.12. The maximum Gasteiger partial charge on any atom is 0.180 e. The summed E-state index contributed by atoms with van der Waals surface area (Å²) in [5.41, 5.74) is 0.578. The normalized spacial score (nSPS) is 18.1. The average molecular weight is 417 g/mol. The maximum absolute atomic E-state index is 10.7. The molecule has 1 aromatic rings. The topological polar surface area (TPSA) is 149 Å². The van der Waals surface area contributed by atoms with Crippen molar-refractivity contribution in [2.75, 3.05) is 26.1 Å². The molecule has 0 aliphatic carbocycles. The summed E-state index contributed by atoms with van der Waals surface area (Å²) < 4.78 is 9.87. The number of rotatable bonds is 9. The second kappa shape index (κ2) is 12.7. The van der Waals surface area contributed by atoms with Gasteiger partial charge in [-0.15, -0.1) is 11.8 Å². The van der Waals surface area contributed by atoms with Gasteiger partial charge in [-0.3, -0.25) is 4.99 Å². The summed E-state index contributed by atoms with van der Waals surface area (Å²) in [7, 11) is 1.29. The summed E-state index contributed by atoms with van der Waals surface area (Å²) in [5, 5.41) is 44.9. The van der Waals surface area contributed by atoms with E-state index in [1.54, 1.807) is 25.1 Å². The number of para-hydroxylation sites is 1. The fourth-order valence-electron chi connectivity index (χ4n) is 2.05. The second-order valence-corrected chi connectivity index (χ2v) is 6.97. The van der Waals surface area contributed by atoms with E-state index < -0.39 is 18.5 Å². The van der Waals surface area contributed by atoms with Gasteiger partial charge in [0, 0.05) is 19.3 Å². The Balaban J connectivity index is 0.000000416. The smallest absolute Gasteiger partial charge is 0.180 e. The van der Waals surface area contributed by atoms with Crippen LogP contribution in [0.2, 0.25) is 0 Å². The lowest BCUT2D eigenvalue weighted by Crippen LogP contribution is -2.30. The molecule has 1 aliphatic rings. The molecule has 0 bridgehead atoms. The van der Waals surface area contributed by atoms with E-state index in [9.17, 15) is 15.0 Å². The highest BCUT2D eigenvalue weighted by Gasteiger charge is 2.22. The van der Waals surface area contributed by atoms with Crippen LogP contribution in [0.1, 0.15) is 18.9 Å². The van der Waals surface area contributed by atoms with Crippen molar-refractivity contribution in [1.82, 2.24) is 0 Å². The molecule has 0 spiro atoms. The third-order valence-electron chi connectivity index (χ3n) is 3.67. The van der Waals surface area contributed by atoms with E-state index in [1.165, 1.54) is 18.9 Å². The highest BCUT2D eigenvalue weighted by Crippen LogP contribution is 2.34. The molecule has 0 aromatic heterocycles. The van der Waals surface area contributed by atoms with Crippen molar-refractivity contribution in [2.24, 2.45) is 4.99 Å². The number of thioether (sulfide) groups is 1. The summed E-state index contributed by atoms with van der Waals surface area (Å²) in [6.45, 7) is 1.63. The van der Waals surface area contributed by atoms with Gasteiger partial charge in [-0.1, -0.05) is 6.07 Å². The van der Waals surface area contributed by atoms with Gasteiger partial charge in [0.25, 0.3) is 0 Å². The molecule has 0 saturated heterocycles. The molecule has 0 saturated carbocycles. The highest BCUT2D eigenvalue weighted by molar-refractivity contribution is 8.14. The summed E-state index contributed by atoms with van der Waals surface area (Å²) >= 11 is 1.44. The summed E-state index contributed by atoms with van der Waals surface area (Å²) in [5.74, 6) is 0.989. The summed E-state index contributed by atoms with van der Waals surface area (Å²) in [4.78, 5) is 15.0. The van der Waals surface area contributed by atoms with Gasteiger partial charge in [-0.2, -0.15) is 0 Å². The molecule has 1 aromatic carbocycles. The zero-order valence-corrected chi connectivity index (χ0v) is 16.6. The second-order valence-electron chi connectivity index (χ2n) is 5.96. The number of aliphatic imine (C=N–C) groups is 1. The minimum Gasteiger partial charge on any atom is -0.504 e. The number of hydrogen-bond acceptors (Lipinski definition) is 10. The number of hydrogen-bond donors (Lipinski definition) is 5. The SMILES string of the molecule is COC(CO)C(O)O.C[C@H](O)CCOc1cccc(C2=NC(C=O)CS2)c1O. The third-order valence-corrected chi connectivity index (χ3v) is 4.78. The van der Waals surface area contributed by atoms with Crippen molar-refractivity contribution in [3.63, 3.8) is 0 Å². The number of methoxy groups -OCH3 is 1. The van der Waals surface area contributed by atoms with Crippen LogP contribution in [0.25, 0.3) is 0 Å². The number of aromatic hydroxyl groups is 1. The van der Waals surface area contributed by atoms with E-state index in [-0.39, 0.29) is 18.4 Å². The van der Waals surface area contributed by atoms with Crippen molar-refractivity contribution in [2.45, 2.75) is 37.9 Å². The number of nitrogens with zero attached hydrogens (tertiary/aromatic N) is 1. The van der Waals surface area contributed by atoms with Gasteiger partial charge in [0.15, 0.2) is 17.8 Å². The number of aldehydes is 1. The van der Waals surface area contributed by atoms with E-state index in [4.69, 9.17) is 20.1 Å². The molecule has 5 N–H and O–H groups in total. The lowest BCUT2D eigenvalue weighted by molar-refractivity contribution is -0.147. The number of phenolic OH excluding ortho intramolecular Hbond substituents is 1. The predicted octanol–water partition coefficient (Wildman–Crippen LogP) is -0.0928. The van der Waals surface area contributed by atoms with Crippen LogP contribution < -0.4 is 4.74 Å². The van der Waals surface area contributed by atoms with Gasteiger partial charge in [0.05, 0.1) is 24.9 Å². The minimum absolute atomic E-state index is 0.0240. The fraction of sp³-hybridized carbons (Fsp3) is 0.556. The lowest BCUT2D eigenvalue weighted by atomic mass is 10.2. The molecule has 158 valence electrons. The van der Waals surface area contributed by atoms with Crippen LogP contribution in [0.5, 0.6) is 11.5 Å². The van der Waals surface area contributed by atoms with Gasteiger partial charge in [-0.05, 0) is 19.1 Å². The number of carbonyl (C=O) groups is 1. The van der Waals surface area contributed by atoms with Crippen molar-refractivity contribution in [3.05, 3.63) is 23.8 Å². The van der Waals surface area contributed by atoms with Gasteiger partial charge < -0.3 is 39.8 Å². The van der Waals surface area contributed by atoms with E-state index in [0.717, 1.165) is 6.29 Å². The van der Waals surface area contributed by atoms with Crippen LogP contribution >= 0.6 is 11.8 Å². The summed E-state index contributed by atoms with van der Waals surface area (Å²) in [6, 6.07) is 4.84. The van der Waals surface area contributed by atoms with Gasteiger partial charge in [0.1, 0.15) is 23.5 Å². The van der Waals surface area contributed by atoms with Crippen molar-refractivity contribution in [3.8, 4) is 11.5 Å². The molecular weight excluding hydrogens is 390 g/mol. The van der Waals surface area contributed by atoms with Crippen LogP contribution in [-0.4, -0.2) is 87.5 Å². The molecular formula is C18H27NO8S. The van der Waals surface area contributed by atoms with E-state index in [0.29, 0.717) is 35.1 Å². The Morgan fingerprint density at radius 1 is 1.36 bits per heavy atom. The van der Waals surface area contributed by atoms with Crippen LogP contribution in [0, 0.1) is 0 Å².